The monoisotopic (exact) mass is 632 g/mol. The zero-order chi connectivity index (χ0) is 32.1. The molecule has 3 atom stereocenters. The summed E-state index contributed by atoms with van der Waals surface area (Å²) in [6, 6.07) is 16.4. The first-order chi connectivity index (χ1) is 22.2. The predicted octanol–water partition coefficient (Wildman–Crippen LogP) is 4.49. The number of benzene rings is 2. The lowest BCUT2D eigenvalue weighted by atomic mass is 9.51. The summed E-state index contributed by atoms with van der Waals surface area (Å²) in [6.07, 6.45) is 5.13. The zero-order valence-corrected chi connectivity index (χ0v) is 26.2. The number of hydrogen-bond acceptors (Lipinski definition) is 7. The van der Waals surface area contributed by atoms with Crippen molar-refractivity contribution >= 4 is 24.1 Å². The lowest BCUT2D eigenvalue weighted by molar-refractivity contribution is -0.150. The molecule has 5 aliphatic rings. The Morgan fingerprint density at radius 3 is 2.24 bits per heavy atom. The molecule has 7 rings (SSSR count). The van der Waals surface area contributed by atoms with E-state index >= 15 is 0 Å². The van der Waals surface area contributed by atoms with Crippen LogP contribution in [0.2, 0.25) is 0 Å². The highest BCUT2D eigenvalue weighted by Gasteiger charge is 2.59. The van der Waals surface area contributed by atoms with E-state index in [9.17, 15) is 24.3 Å². The zero-order valence-electron chi connectivity index (χ0n) is 26.2. The first-order valence-electron chi connectivity index (χ1n) is 16.5. The van der Waals surface area contributed by atoms with E-state index in [0.717, 1.165) is 37.7 Å². The highest BCUT2D eigenvalue weighted by atomic mass is 16.6. The average molecular weight is 633 g/mol. The van der Waals surface area contributed by atoms with Crippen LogP contribution < -0.4 is 16.0 Å². The van der Waals surface area contributed by atoms with Crippen LogP contribution in [0.5, 0.6) is 0 Å². The molecule has 1 heterocycles. The summed E-state index contributed by atoms with van der Waals surface area (Å²) in [4.78, 5) is 52.1. The Labute approximate surface area is 269 Å². The minimum absolute atomic E-state index is 0.0724. The number of hydrogen-bond donors (Lipinski definition) is 4. The van der Waals surface area contributed by atoms with Crippen LogP contribution in [0, 0.1) is 11.8 Å². The van der Waals surface area contributed by atoms with E-state index in [1.807, 2.05) is 47.4 Å². The van der Waals surface area contributed by atoms with Crippen LogP contribution in [-0.4, -0.2) is 64.3 Å². The number of carboxylic acid groups (broad SMARTS) is 1. The molecular formula is C35H44N4O7. The molecule has 3 amide bonds. The van der Waals surface area contributed by atoms with Crippen molar-refractivity contribution in [3.05, 3.63) is 71.3 Å². The van der Waals surface area contributed by atoms with Gasteiger partial charge in [0.15, 0.2) is 0 Å². The SMILES string of the molecule is O=C(NCCCC[C@H](NC(=O)OC12CC3CC(CC(NCC(=O)N4Cc5ccccc5C4)(C3)C1)C2)C(=O)O)OCc1ccccc1. The third-order valence-electron chi connectivity index (χ3n) is 10.1. The summed E-state index contributed by atoms with van der Waals surface area (Å²) >= 11 is 0. The normalized spacial score (nSPS) is 26.2. The quantitative estimate of drug-likeness (QED) is 0.237. The van der Waals surface area contributed by atoms with E-state index in [0.29, 0.717) is 50.7 Å². The maximum absolute atomic E-state index is 13.2. The molecule has 4 fully saturated rings. The van der Waals surface area contributed by atoms with Crippen LogP contribution in [0.15, 0.2) is 54.6 Å². The molecule has 4 saturated carbocycles. The number of carboxylic acids is 1. The molecule has 1 aliphatic heterocycles. The Kier molecular flexibility index (Phi) is 9.49. The highest BCUT2D eigenvalue weighted by molar-refractivity contribution is 5.80. The molecule has 2 unspecified atom stereocenters. The van der Waals surface area contributed by atoms with E-state index in [-0.39, 0.29) is 31.0 Å². The third-order valence-corrected chi connectivity index (χ3v) is 10.1. The lowest BCUT2D eigenvalue weighted by Crippen LogP contribution is -2.66. The molecule has 4 bridgehead atoms. The second kappa shape index (κ2) is 13.7. The minimum Gasteiger partial charge on any atom is -0.480 e. The summed E-state index contributed by atoms with van der Waals surface area (Å²) in [5, 5.41) is 18.7. The fraction of sp³-hybridized carbons (Fsp3) is 0.543. The van der Waals surface area contributed by atoms with Gasteiger partial charge in [0.2, 0.25) is 5.91 Å². The Bertz CT molecular complexity index is 1390. The van der Waals surface area contributed by atoms with Crippen molar-refractivity contribution < 1.29 is 33.8 Å². The molecule has 0 spiro atoms. The van der Waals surface area contributed by atoms with Gasteiger partial charge in [0.1, 0.15) is 18.2 Å². The van der Waals surface area contributed by atoms with Crippen molar-refractivity contribution in [2.75, 3.05) is 13.1 Å². The largest absolute Gasteiger partial charge is 0.480 e. The van der Waals surface area contributed by atoms with Gasteiger partial charge in [0.05, 0.1) is 6.54 Å². The van der Waals surface area contributed by atoms with Gasteiger partial charge in [-0.25, -0.2) is 14.4 Å². The summed E-state index contributed by atoms with van der Waals surface area (Å²) in [5.41, 5.74) is 2.34. The van der Waals surface area contributed by atoms with E-state index in [2.05, 4.69) is 28.1 Å². The summed E-state index contributed by atoms with van der Waals surface area (Å²) in [7, 11) is 0. The molecule has 4 N–H and O–H groups in total. The number of aliphatic carboxylic acids is 1. The number of carbonyl (C=O) groups is 4. The molecule has 46 heavy (non-hydrogen) atoms. The molecule has 0 saturated heterocycles. The van der Waals surface area contributed by atoms with E-state index in [1.165, 1.54) is 11.1 Å². The van der Waals surface area contributed by atoms with E-state index < -0.39 is 29.8 Å². The molecule has 11 nitrogen and oxygen atoms in total. The standard InChI is InChI=1S/C35H44N4O7/c40-30(39-20-27-10-4-5-11-28(27)21-39)19-37-34-15-25-14-26(16-34)18-35(17-25,23-34)46-33(44)38-29(31(41)42)12-6-7-13-36-32(43)45-22-24-8-2-1-3-9-24/h1-5,8-11,25-26,29,37H,6-7,12-23H2,(H,36,43)(H,38,44)(H,41,42)/t25?,26?,29-,34?,35?/m0/s1. The summed E-state index contributed by atoms with van der Waals surface area (Å²) in [5.74, 6) is -0.258. The van der Waals surface area contributed by atoms with E-state index in [1.54, 1.807) is 0 Å². The number of unbranched alkanes of at least 4 members (excludes halogenated alkanes) is 1. The fourth-order valence-corrected chi connectivity index (χ4v) is 8.45. The van der Waals surface area contributed by atoms with Crippen LogP contribution in [0.1, 0.15) is 74.5 Å². The van der Waals surface area contributed by atoms with Crippen molar-refractivity contribution in [2.45, 2.75) is 94.7 Å². The predicted molar refractivity (Wildman–Crippen MR) is 168 cm³/mol. The van der Waals surface area contributed by atoms with Crippen molar-refractivity contribution in [2.24, 2.45) is 11.8 Å². The molecule has 2 aromatic carbocycles. The molecule has 0 aromatic heterocycles. The topological polar surface area (TPSA) is 146 Å². The van der Waals surface area contributed by atoms with Crippen molar-refractivity contribution in [3.8, 4) is 0 Å². The Hall–Kier alpha value is -4.12. The van der Waals surface area contributed by atoms with E-state index in [4.69, 9.17) is 9.47 Å². The second-order valence-electron chi connectivity index (χ2n) is 13.7. The maximum atomic E-state index is 13.2. The Morgan fingerprint density at radius 2 is 1.57 bits per heavy atom. The van der Waals surface area contributed by atoms with Crippen LogP contribution in [0.4, 0.5) is 9.59 Å². The van der Waals surface area contributed by atoms with Crippen LogP contribution >= 0.6 is 0 Å². The Morgan fingerprint density at radius 1 is 0.891 bits per heavy atom. The van der Waals surface area contributed by atoms with Crippen LogP contribution in [0.3, 0.4) is 0 Å². The smallest absolute Gasteiger partial charge is 0.408 e. The summed E-state index contributed by atoms with van der Waals surface area (Å²) < 4.78 is 11.3. The number of alkyl carbamates (subject to hydrolysis) is 2. The number of nitrogens with one attached hydrogen (secondary N) is 3. The lowest BCUT2D eigenvalue weighted by Gasteiger charge is -2.61. The van der Waals surface area contributed by atoms with Crippen molar-refractivity contribution in [1.29, 1.82) is 0 Å². The van der Waals surface area contributed by atoms with Gasteiger partial charge in [-0.2, -0.15) is 0 Å². The molecule has 11 heteroatoms. The first-order valence-corrected chi connectivity index (χ1v) is 16.5. The number of carbonyl (C=O) groups excluding carboxylic acids is 3. The number of nitrogens with zero attached hydrogens (tertiary/aromatic N) is 1. The molecular weight excluding hydrogens is 588 g/mol. The third kappa shape index (κ3) is 7.63. The number of rotatable bonds is 13. The number of ether oxygens (including phenoxy) is 2. The molecule has 4 aliphatic carbocycles. The highest BCUT2D eigenvalue weighted by Crippen LogP contribution is 2.59. The minimum atomic E-state index is -1.13. The number of amides is 3. The van der Waals surface area contributed by atoms with Crippen LogP contribution in [0.25, 0.3) is 0 Å². The van der Waals surface area contributed by atoms with Crippen molar-refractivity contribution in [3.63, 3.8) is 0 Å². The van der Waals surface area contributed by atoms with Crippen LogP contribution in [-0.2, 0) is 38.8 Å². The van der Waals surface area contributed by atoms with Gasteiger partial charge in [-0.3, -0.25) is 4.79 Å². The molecule has 246 valence electrons. The summed E-state index contributed by atoms with van der Waals surface area (Å²) in [6.45, 7) is 2.01. The molecule has 2 aromatic rings. The average Bonchev–Trinajstić information content (AvgIpc) is 3.46. The van der Waals surface area contributed by atoms with Gasteiger partial charge in [-0.05, 0) is 79.9 Å². The molecule has 0 radical (unpaired) electrons. The van der Waals surface area contributed by atoms with Gasteiger partial charge >= 0.3 is 18.2 Å². The number of fused-ring (bicyclic) bond motifs is 1. The maximum Gasteiger partial charge on any atom is 0.408 e. The second-order valence-corrected chi connectivity index (χ2v) is 13.7. The first kappa shape index (κ1) is 31.8. The van der Waals surface area contributed by atoms with Gasteiger partial charge in [-0.1, -0.05) is 54.6 Å². The fourth-order valence-electron chi connectivity index (χ4n) is 8.45. The Balaban J connectivity index is 0.948. The van der Waals surface area contributed by atoms with Gasteiger partial charge in [-0.15, -0.1) is 0 Å². The van der Waals surface area contributed by atoms with Gasteiger partial charge < -0.3 is 35.4 Å². The van der Waals surface area contributed by atoms with Gasteiger partial charge in [0.25, 0.3) is 0 Å². The van der Waals surface area contributed by atoms with Gasteiger partial charge in [0, 0.05) is 31.6 Å². The van der Waals surface area contributed by atoms with Crippen molar-refractivity contribution in [1.82, 2.24) is 20.9 Å².